The average molecular weight is 456 g/mol. The van der Waals surface area contributed by atoms with Gasteiger partial charge in [0.15, 0.2) is 0 Å². The van der Waals surface area contributed by atoms with Crippen LogP contribution in [0.3, 0.4) is 0 Å². The summed E-state index contributed by atoms with van der Waals surface area (Å²) in [4.78, 5) is 38.5. The van der Waals surface area contributed by atoms with E-state index in [9.17, 15) is 14.4 Å². The second kappa shape index (κ2) is 13.1. The number of rotatable bonds is 11. The summed E-state index contributed by atoms with van der Waals surface area (Å²) in [6.07, 6.45) is 1.54. The van der Waals surface area contributed by atoms with Crippen molar-refractivity contribution >= 4 is 29.3 Å². The zero-order chi connectivity index (χ0) is 24.2. The fourth-order valence-corrected chi connectivity index (χ4v) is 3.18. The van der Waals surface area contributed by atoms with Crippen LogP contribution < -0.4 is 21.7 Å². The van der Waals surface area contributed by atoms with Crippen molar-refractivity contribution in [2.45, 2.75) is 25.8 Å². The molecule has 0 aromatic heterocycles. The summed E-state index contributed by atoms with van der Waals surface area (Å²) in [5.41, 5.74) is 8.26. The molecule has 33 heavy (non-hydrogen) atoms. The molecule has 9 nitrogen and oxygen atoms in total. The van der Waals surface area contributed by atoms with Gasteiger partial charge < -0.3 is 31.3 Å². The molecule has 0 radical (unpaired) electrons. The van der Waals surface area contributed by atoms with Gasteiger partial charge >= 0.3 is 12.0 Å². The van der Waals surface area contributed by atoms with Gasteiger partial charge in [-0.1, -0.05) is 24.3 Å². The molecule has 0 fully saturated rings. The van der Waals surface area contributed by atoms with Crippen molar-refractivity contribution in [1.29, 1.82) is 0 Å². The summed E-state index contributed by atoms with van der Waals surface area (Å²) in [5, 5.41) is 8.22. The molecular weight excluding hydrogens is 422 g/mol. The van der Waals surface area contributed by atoms with Gasteiger partial charge in [-0.05, 0) is 70.2 Å². The van der Waals surface area contributed by atoms with Gasteiger partial charge in [0.1, 0.15) is 6.54 Å². The van der Waals surface area contributed by atoms with Crippen molar-refractivity contribution in [2.75, 3.05) is 44.8 Å². The Labute approximate surface area is 194 Å². The van der Waals surface area contributed by atoms with Gasteiger partial charge in [-0.2, -0.15) is 0 Å². The molecule has 178 valence electrons. The first-order chi connectivity index (χ1) is 15.8. The molecule has 2 rings (SSSR count). The molecule has 0 bridgehead atoms. The Morgan fingerprint density at radius 3 is 2.39 bits per heavy atom. The molecule has 0 aliphatic rings. The predicted molar refractivity (Wildman–Crippen MR) is 129 cm³/mol. The van der Waals surface area contributed by atoms with Crippen LogP contribution in [0.2, 0.25) is 0 Å². The van der Waals surface area contributed by atoms with E-state index in [-0.39, 0.29) is 25.1 Å². The van der Waals surface area contributed by atoms with Crippen LogP contribution in [-0.4, -0.2) is 56.6 Å². The van der Waals surface area contributed by atoms with Crippen LogP contribution in [0.5, 0.6) is 0 Å². The van der Waals surface area contributed by atoms with E-state index < -0.39 is 12.0 Å². The lowest BCUT2D eigenvalue weighted by Gasteiger charge is -2.21. The Hall–Kier alpha value is -3.59. The number of carbonyl (C=O) groups is 3. The fourth-order valence-electron chi connectivity index (χ4n) is 3.18. The van der Waals surface area contributed by atoms with Gasteiger partial charge in [-0.3, -0.25) is 9.59 Å². The molecule has 0 saturated heterocycles. The summed E-state index contributed by atoms with van der Waals surface area (Å²) >= 11 is 0. The number of nitrogen functional groups attached to an aromatic ring is 1. The molecular formula is C24H33N5O4. The number of hydrogen-bond donors (Lipinski definition) is 4. The predicted octanol–water partition coefficient (Wildman–Crippen LogP) is 2.77. The van der Waals surface area contributed by atoms with E-state index >= 15 is 0 Å². The van der Waals surface area contributed by atoms with E-state index in [0.29, 0.717) is 23.4 Å². The summed E-state index contributed by atoms with van der Waals surface area (Å²) in [7, 11) is 3.97. The van der Waals surface area contributed by atoms with Crippen LogP contribution in [0.4, 0.5) is 16.2 Å². The number of ether oxygens (including phenoxy) is 1. The second-order valence-electron chi connectivity index (χ2n) is 7.79. The van der Waals surface area contributed by atoms with Crippen LogP contribution in [0, 0.1) is 0 Å². The lowest BCUT2D eigenvalue weighted by Crippen LogP contribution is -2.41. The van der Waals surface area contributed by atoms with E-state index in [0.717, 1.165) is 18.5 Å². The fraction of sp³-hybridized carbons (Fsp3) is 0.375. The normalized spacial score (nSPS) is 11.5. The minimum atomic E-state index is -0.494. The zero-order valence-electron chi connectivity index (χ0n) is 19.4. The third kappa shape index (κ3) is 8.82. The Balaban J connectivity index is 2.05. The first-order valence-corrected chi connectivity index (χ1v) is 10.9. The van der Waals surface area contributed by atoms with Crippen LogP contribution in [0.25, 0.3) is 0 Å². The van der Waals surface area contributed by atoms with Gasteiger partial charge in [0, 0.05) is 5.56 Å². The van der Waals surface area contributed by atoms with E-state index in [1.54, 1.807) is 43.3 Å². The van der Waals surface area contributed by atoms with Gasteiger partial charge in [-0.25, -0.2) is 4.79 Å². The van der Waals surface area contributed by atoms with Crippen molar-refractivity contribution in [3.05, 3.63) is 59.7 Å². The summed E-state index contributed by atoms with van der Waals surface area (Å²) in [5.74, 6) is -0.769. The molecule has 2 aromatic rings. The third-order valence-electron chi connectivity index (χ3n) is 4.89. The maximum Gasteiger partial charge on any atom is 0.325 e. The highest BCUT2D eigenvalue weighted by Crippen LogP contribution is 2.21. The summed E-state index contributed by atoms with van der Waals surface area (Å²) in [6, 6.07) is 13.4. The van der Waals surface area contributed by atoms with Gasteiger partial charge in [0.25, 0.3) is 5.91 Å². The highest BCUT2D eigenvalue weighted by molar-refractivity contribution is 6.05. The van der Waals surface area contributed by atoms with Crippen molar-refractivity contribution in [3.63, 3.8) is 0 Å². The molecule has 0 spiro atoms. The average Bonchev–Trinajstić information content (AvgIpc) is 2.78. The van der Waals surface area contributed by atoms with Crippen LogP contribution in [0.15, 0.2) is 48.5 Å². The van der Waals surface area contributed by atoms with Crippen molar-refractivity contribution in [2.24, 2.45) is 0 Å². The number of carbonyl (C=O) groups excluding carboxylic acids is 3. The van der Waals surface area contributed by atoms with Gasteiger partial charge in [-0.15, -0.1) is 0 Å². The minimum absolute atomic E-state index is 0.203. The topological polar surface area (TPSA) is 126 Å². The summed E-state index contributed by atoms with van der Waals surface area (Å²) in [6.45, 7) is 2.62. The molecule has 0 heterocycles. The smallest absolute Gasteiger partial charge is 0.325 e. The van der Waals surface area contributed by atoms with E-state index in [2.05, 4.69) is 20.9 Å². The van der Waals surface area contributed by atoms with Crippen molar-refractivity contribution < 1.29 is 19.1 Å². The van der Waals surface area contributed by atoms with Crippen molar-refractivity contribution in [1.82, 2.24) is 15.5 Å². The number of hydrogen-bond acceptors (Lipinski definition) is 6. The van der Waals surface area contributed by atoms with Crippen LogP contribution in [0.1, 0.15) is 41.7 Å². The van der Waals surface area contributed by atoms with Gasteiger partial charge in [0.2, 0.25) is 0 Å². The molecule has 2 aromatic carbocycles. The first-order valence-electron chi connectivity index (χ1n) is 10.9. The molecule has 0 saturated carbocycles. The first kappa shape index (κ1) is 25.7. The molecule has 9 heteroatoms. The van der Waals surface area contributed by atoms with Crippen LogP contribution >= 0.6 is 0 Å². The standard InChI is InChI=1S/C24H33N5O4/c1-4-33-22(30)16-26-24(32)28-20(10-7-15-29(2)3)17-11-13-18(14-12-17)23(31)27-21-9-6-5-8-19(21)25/h5-6,8-9,11-14,20H,4,7,10,15-16,25H2,1-3H3,(H,27,31)(H2,26,28,32). The molecule has 3 amide bonds. The number of esters is 1. The third-order valence-corrected chi connectivity index (χ3v) is 4.89. The quantitative estimate of drug-likeness (QED) is 0.305. The number of urea groups is 1. The van der Waals surface area contributed by atoms with E-state index in [1.165, 1.54) is 0 Å². The monoisotopic (exact) mass is 455 g/mol. The summed E-state index contributed by atoms with van der Waals surface area (Å²) < 4.78 is 4.83. The Morgan fingerprint density at radius 2 is 1.76 bits per heavy atom. The maximum absolute atomic E-state index is 12.6. The highest BCUT2D eigenvalue weighted by atomic mass is 16.5. The molecule has 1 atom stereocenters. The molecule has 0 aliphatic heterocycles. The second-order valence-corrected chi connectivity index (χ2v) is 7.79. The Morgan fingerprint density at radius 1 is 1.06 bits per heavy atom. The lowest BCUT2D eigenvalue weighted by atomic mass is 10.00. The zero-order valence-corrected chi connectivity index (χ0v) is 19.4. The number of nitrogens with zero attached hydrogens (tertiary/aromatic N) is 1. The van der Waals surface area contributed by atoms with Crippen molar-refractivity contribution in [3.8, 4) is 0 Å². The SMILES string of the molecule is CCOC(=O)CNC(=O)NC(CCCN(C)C)c1ccc(C(=O)Nc2ccccc2N)cc1. The Bertz CT molecular complexity index is 931. The lowest BCUT2D eigenvalue weighted by molar-refractivity contribution is -0.141. The maximum atomic E-state index is 12.6. The van der Waals surface area contributed by atoms with Crippen LogP contribution in [-0.2, 0) is 9.53 Å². The number of para-hydroxylation sites is 2. The Kier molecular flexibility index (Phi) is 10.2. The molecule has 0 aliphatic carbocycles. The number of nitrogens with one attached hydrogen (secondary N) is 3. The van der Waals surface area contributed by atoms with E-state index in [4.69, 9.17) is 10.5 Å². The van der Waals surface area contributed by atoms with Gasteiger partial charge in [0.05, 0.1) is 24.0 Å². The number of nitrogens with two attached hydrogens (primary N) is 1. The number of benzene rings is 2. The minimum Gasteiger partial charge on any atom is -0.465 e. The number of anilines is 2. The largest absolute Gasteiger partial charge is 0.465 e. The molecule has 5 N–H and O–H groups in total. The van der Waals surface area contributed by atoms with E-state index in [1.807, 2.05) is 26.2 Å². The molecule has 1 unspecified atom stereocenters. The highest BCUT2D eigenvalue weighted by Gasteiger charge is 2.17. The number of amides is 3.